The van der Waals surface area contributed by atoms with Crippen LogP contribution in [0.2, 0.25) is 0 Å². The first-order chi connectivity index (χ1) is 24.7. The number of unbranched alkanes of at least 4 members (excludes halogenated alkanes) is 9. The van der Waals surface area contributed by atoms with E-state index in [2.05, 4.69) is 115 Å². The van der Waals surface area contributed by atoms with Crippen LogP contribution >= 0.6 is 11.8 Å². The molecule has 3 aromatic carbocycles. The Bertz CT molecular complexity index is 1610. The Balaban J connectivity index is 1.36. The van der Waals surface area contributed by atoms with Gasteiger partial charge in [-0.2, -0.15) is 0 Å². The Morgan fingerprint density at radius 3 is 2.16 bits per heavy atom. The minimum atomic E-state index is 0.0889. The van der Waals surface area contributed by atoms with Gasteiger partial charge >= 0.3 is 0 Å². The van der Waals surface area contributed by atoms with Gasteiger partial charge in [0, 0.05) is 41.8 Å². The van der Waals surface area contributed by atoms with Crippen LogP contribution in [0.15, 0.2) is 76.8 Å². The predicted octanol–water partition coefficient (Wildman–Crippen LogP) is 10.9. The number of hydrogen-bond acceptors (Lipinski definition) is 6. The van der Waals surface area contributed by atoms with Gasteiger partial charge in [0.2, 0.25) is 5.91 Å². The molecule has 0 spiro atoms. The molecule has 4 aromatic rings. The fourth-order valence-corrected chi connectivity index (χ4v) is 6.78. The van der Waals surface area contributed by atoms with Gasteiger partial charge in [0.1, 0.15) is 5.75 Å². The zero-order valence-corrected chi connectivity index (χ0v) is 32.8. The van der Waals surface area contributed by atoms with Crippen LogP contribution < -0.4 is 15.4 Å². The zero-order valence-electron chi connectivity index (χ0n) is 32.0. The largest absolute Gasteiger partial charge is 0.493 e. The molecule has 1 amide bonds. The lowest BCUT2D eigenvalue weighted by Gasteiger charge is -2.19. The number of amides is 1. The quantitative estimate of drug-likeness (QED) is 0.0790. The molecular formula is C43H61N5O2S. The standard InChI is InChI=1S/C43H61N5O2S/c1-7-9-11-13-14-16-28-44-40(49)30-33-18-25-37(26-19-33)45-32-35-22-27-38(31-39(35)50-29-17-15-12-10-8-2)51-42-47-46-41(48(42)6)34-20-23-36(24-21-34)43(3,4)5/h18-27,31,45H,7-17,28-30,32H2,1-6H3,(H,44,49). The van der Waals surface area contributed by atoms with Crippen molar-refractivity contribution < 1.29 is 9.53 Å². The summed E-state index contributed by atoms with van der Waals surface area (Å²) in [7, 11) is 2.02. The van der Waals surface area contributed by atoms with Crippen LogP contribution in [0, 0.1) is 0 Å². The lowest BCUT2D eigenvalue weighted by molar-refractivity contribution is -0.120. The Morgan fingerprint density at radius 2 is 1.47 bits per heavy atom. The van der Waals surface area contributed by atoms with Gasteiger partial charge < -0.3 is 19.9 Å². The molecule has 0 saturated heterocycles. The second-order valence-electron chi connectivity index (χ2n) is 14.7. The first-order valence-electron chi connectivity index (χ1n) is 19.2. The Morgan fingerprint density at radius 1 is 0.804 bits per heavy atom. The van der Waals surface area contributed by atoms with Crippen molar-refractivity contribution in [3.8, 4) is 17.1 Å². The molecule has 2 N–H and O–H groups in total. The molecule has 0 aliphatic rings. The summed E-state index contributed by atoms with van der Waals surface area (Å²) >= 11 is 1.60. The smallest absolute Gasteiger partial charge is 0.224 e. The molecule has 0 fully saturated rings. The number of nitrogens with one attached hydrogen (secondary N) is 2. The van der Waals surface area contributed by atoms with Crippen LogP contribution in [0.4, 0.5) is 5.69 Å². The number of benzene rings is 3. The highest BCUT2D eigenvalue weighted by molar-refractivity contribution is 7.99. The average molecular weight is 712 g/mol. The van der Waals surface area contributed by atoms with Crippen LogP contribution in [-0.2, 0) is 30.2 Å². The third-order valence-corrected chi connectivity index (χ3v) is 10.3. The van der Waals surface area contributed by atoms with E-state index in [1.54, 1.807) is 11.8 Å². The predicted molar refractivity (Wildman–Crippen MR) is 214 cm³/mol. The number of carbonyl (C=O) groups excluding carboxylic acids is 1. The van der Waals surface area contributed by atoms with E-state index < -0.39 is 0 Å². The second kappa shape index (κ2) is 20.9. The van der Waals surface area contributed by atoms with Crippen molar-refractivity contribution in [1.82, 2.24) is 20.1 Å². The molecule has 1 heterocycles. The molecular weight excluding hydrogens is 651 g/mol. The minimum absolute atomic E-state index is 0.0889. The number of aromatic nitrogens is 3. The highest BCUT2D eigenvalue weighted by atomic mass is 32.2. The van der Waals surface area contributed by atoms with E-state index in [9.17, 15) is 4.79 Å². The molecule has 8 heteroatoms. The van der Waals surface area contributed by atoms with Gasteiger partial charge in [-0.15, -0.1) is 10.2 Å². The molecule has 0 unspecified atom stereocenters. The lowest BCUT2D eigenvalue weighted by atomic mass is 9.87. The third-order valence-electron chi connectivity index (χ3n) is 9.25. The van der Waals surface area contributed by atoms with E-state index in [-0.39, 0.29) is 11.3 Å². The molecule has 0 radical (unpaired) electrons. The fraction of sp³-hybridized carbons (Fsp3) is 0.512. The summed E-state index contributed by atoms with van der Waals surface area (Å²) < 4.78 is 8.47. The van der Waals surface area contributed by atoms with E-state index in [1.165, 1.54) is 63.4 Å². The van der Waals surface area contributed by atoms with Crippen LogP contribution in [0.5, 0.6) is 5.75 Å². The van der Waals surface area contributed by atoms with Gasteiger partial charge in [-0.1, -0.05) is 135 Å². The number of hydrogen-bond donors (Lipinski definition) is 2. The first kappa shape index (κ1) is 40.0. The Labute approximate surface area is 311 Å². The summed E-state index contributed by atoms with van der Waals surface area (Å²) in [5.74, 6) is 1.83. The van der Waals surface area contributed by atoms with E-state index in [0.717, 1.165) is 63.4 Å². The summed E-state index contributed by atoms with van der Waals surface area (Å²) in [6.07, 6.45) is 13.7. The molecule has 0 atom stereocenters. The van der Waals surface area contributed by atoms with Crippen molar-refractivity contribution in [2.45, 2.75) is 134 Å². The molecule has 7 nitrogen and oxygen atoms in total. The molecule has 4 rings (SSSR count). The van der Waals surface area contributed by atoms with Crippen molar-refractivity contribution in [1.29, 1.82) is 0 Å². The summed E-state index contributed by atoms with van der Waals surface area (Å²) in [6, 6.07) is 23.2. The number of anilines is 1. The van der Waals surface area contributed by atoms with Crippen molar-refractivity contribution in [3.05, 3.63) is 83.4 Å². The molecule has 51 heavy (non-hydrogen) atoms. The first-order valence-corrected chi connectivity index (χ1v) is 20.0. The van der Waals surface area contributed by atoms with Crippen LogP contribution in [0.1, 0.15) is 122 Å². The van der Waals surface area contributed by atoms with E-state index in [1.807, 2.05) is 19.2 Å². The minimum Gasteiger partial charge on any atom is -0.493 e. The van der Waals surface area contributed by atoms with Gasteiger partial charge in [-0.05, 0) is 65.4 Å². The maximum absolute atomic E-state index is 12.5. The monoisotopic (exact) mass is 711 g/mol. The molecule has 276 valence electrons. The third kappa shape index (κ3) is 13.4. The summed E-state index contributed by atoms with van der Waals surface area (Å²) in [5.41, 5.74) is 5.58. The highest BCUT2D eigenvalue weighted by Gasteiger charge is 2.17. The highest BCUT2D eigenvalue weighted by Crippen LogP contribution is 2.34. The van der Waals surface area contributed by atoms with Crippen LogP contribution in [-0.4, -0.2) is 33.8 Å². The van der Waals surface area contributed by atoms with Gasteiger partial charge in [-0.25, -0.2) is 0 Å². The van der Waals surface area contributed by atoms with Crippen LogP contribution in [0.25, 0.3) is 11.4 Å². The number of carbonyl (C=O) groups is 1. The summed E-state index contributed by atoms with van der Waals surface area (Å²) in [4.78, 5) is 13.5. The molecule has 1 aromatic heterocycles. The van der Waals surface area contributed by atoms with Crippen molar-refractivity contribution >= 4 is 23.4 Å². The summed E-state index contributed by atoms with van der Waals surface area (Å²) in [5, 5.41) is 16.6. The van der Waals surface area contributed by atoms with Crippen molar-refractivity contribution in [3.63, 3.8) is 0 Å². The van der Waals surface area contributed by atoms with E-state index >= 15 is 0 Å². The number of nitrogens with zero attached hydrogens (tertiary/aromatic N) is 3. The van der Waals surface area contributed by atoms with Gasteiger partial charge in [-0.3, -0.25) is 4.79 Å². The molecule has 0 aliphatic carbocycles. The molecule has 0 bridgehead atoms. The number of rotatable bonds is 22. The van der Waals surface area contributed by atoms with Gasteiger partial charge in [0.05, 0.1) is 13.0 Å². The summed E-state index contributed by atoms with van der Waals surface area (Å²) in [6.45, 7) is 13.2. The second-order valence-corrected chi connectivity index (χ2v) is 15.7. The fourth-order valence-electron chi connectivity index (χ4n) is 5.97. The maximum atomic E-state index is 12.5. The zero-order chi connectivity index (χ0) is 36.5. The number of ether oxygens (including phenoxy) is 1. The average Bonchev–Trinajstić information content (AvgIpc) is 3.48. The molecule has 0 aliphatic heterocycles. The normalized spacial score (nSPS) is 11.5. The SMILES string of the molecule is CCCCCCCCNC(=O)Cc1ccc(NCc2ccc(Sc3nnc(-c4ccc(C(C)(C)C)cc4)n3C)cc2OCCCCCCC)cc1. The van der Waals surface area contributed by atoms with Crippen molar-refractivity contribution in [2.24, 2.45) is 7.05 Å². The maximum Gasteiger partial charge on any atom is 0.224 e. The topological polar surface area (TPSA) is 81.1 Å². The van der Waals surface area contributed by atoms with Crippen LogP contribution in [0.3, 0.4) is 0 Å². The van der Waals surface area contributed by atoms with E-state index in [0.29, 0.717) is 19.6 Å². The Hall–Kier alpha value is -3.78. The molecule has 0 saturated carbocycles. The van der Waals surface area contributed by atoms with Gasteiger partial charge in [0.25, 0.3) is 0 Å². The van der Waals surface area contributed by atoms with Gasteiger partial charge in [0.15, 0.2) is 11.0 Å². The lowest BCUT2D eigenvalue weighted by Crippen LogP contribution is -2.26. The van der Waals surface area contributed by atoms with E-state index in [4.69, 9.17) is 4.74 Å². The van der Waals surface area contributed by atoms with Crippen molar-refractivity contribution in [2.75, 3.05) is 18.5 Å². The Kier molecular flexibility index (Phi) is 16.4.